The number of carbonyl (C=O) groups is 1. The Morgan fingerprint density at radius 2 is 2.22 bits per heavy atom. The summed E-state index contributed by atoms with van der Waals surface area (Å²) in [6, 6.07) is 5.83. The summed E-state index contributed by atoms with van der Waals surface area (Å²) in [5.41, 5.74) is 1.01. The van der Waals surface area contributed by atoms with Crippen LogP contribution in [0.4, 0.5) is 0 Å². The quantitative estimate of drug-likeness (QED) is 0.747. The average molecular weight is 248 g/mol. The van der Waals surface area contributed by atoms with Gasteiger partial charge in [0.25, 0.3) is 0 Å². The van der Waals surface area contributed by atoms with Crippen molar-refractivity contribution in [2.24, 2.45) is 0 Å². The maximum absolute atomic E-state index is 11.7. The molecule has 5 heteroatoms. The maximum atomic E-state index is 11.7. The number of aromatic nitrogens is 1. The van der Waals surface area contributed by atoms with Crippen molar-refractivity contribution in [1.82, 2.24) is 20.5 Å². The van der Waals surface area contributed by atoms with Gasteiger partial charge in [-0.25, -0.2) is 0 Å². The number of amides is 1. The zero-order valence-corrected chi connectivity index (χ0v) is 10.6. The molecule has 0 radical (unpaired) electrons. The van der Waals surface area contributed by atoms with Crippen LogP contribution < -0.4 is 10.6 Å². The lowest BCUT2D eigenvalue weighted by Crippen LogP contribution is -2.47. The van der Waals surface area contributed by atoms with E-state index in [1.165, 1.54) is 0 Å². The lowest BCUT2D eigenvalue weighted by atomic mass is 10.2. The van der Waals surface area contributed by atoms with Crippen molar-refractivity contribution in [1.29, 1.82) is 0 Å². The van der Waals surface area contributed by atoms with Crippen molar-refractivity contribution < 1.29 is 4.79 Å². The SMILES string of the molecule is O=C(CN1CCNCC1)NCCc1ccccn1. The van der Waals surface area contributed by atoms with E-state index in [1.54, 1.807) is 6.20 Å². The van der Waals surface area contributed by atoms with E-state index in [-0.39, 0.29) is 5.91 Å². The number of nitrogens with one attached hydrogen (secondary N) is 2. The Kier molecular flexibility index (Phi) is 5.11. The van der Waals surface area contributed by atoms with Gasteiger partial charge in [0.1, 0.15) is 0 Å². The predicted molar refractivity (Wildman–Crippen MR) is 70.3 cm³/mol. The van der Waals surface area contributed by atoms with E-state index < -0.39 is 0 Å². The molecule has 1 aliphatic rings. The molecular weight excluding hydrogens is 228 g/mol. The molecule has 0 bridgehead atoms. The zero-order chi connectivity index (χ0) is 12.6. The van der Waals surface area contributed by atoms with Crippen molar-refractivity contribution in [2.75, 3.05) is 39.3 Å². The molecule has 18 heavy (non-hydrogen) atoms. The third-order valence-corrected chi connectivity index (χ3v) is 3.01. The molecule has 1 aliphatic heterocycles. The summed E-state index contributed by atoms with van der Waals surface area (Å²) in [5, 5.41) is 6.21. The fraction of sp³-hybridized carbons (Fsp3) is 0.538. The first kappa shape index (κ1) is 13.0. The predicted octanol–water partition coefficient (Wildman–Crippen LogP) is -0.354. The number of hydrogen-bond acceptors (Lipinski definition) is 4. The van der Waals surface area contributed by atoms with E-state index in [1.807, 2.05) is 18.2 Å². The van der Waals surface area contributed by atoms with Gasteiger partial charge in [-0.1, -0.05) is 6.07 Å². The second-order valence-corrected chi connectivity index (χ2v) is 4.45. The molecule has 1 fully saturated rings. The molecule has 0 aliphatic carbocycles. The Labute approximate surface area is 108 Å². The fourth-order valence-electron chi connectivity index (χ4n) is 2.00. The molecular formula is C13H20N4O. The molecule has 1 aromatic heterocycles. The topological polar surface area (TPSA) is 57.3 Å². The molecule has 1 saturated heterocycles. The van der Waals surface area contributed by atoms with Gasteiger partial charge in [-0.05, 0) is 12.1 Å². The van der Waals surface area contributed by atoms with Crippen LogP contribution >= 0.6 is 0 Å². The highest BCUT2D eigenvalue weighted by molar-refractivity contribution is 5.78. The van der Waals surface area contributed by atoms with E-state index in [0.717, 1.165) is 38.3 Å². The van der Waals surface area contributed by atoms with Crippen LogP contribution in [-0.4, -0.2) is 55.1 Å². The van der Waals surface area contributed by atoms with E-state index in [9.17, 15) is 4.79 Å². The molecule has 5 nitrogen and oxygen atoms in total. The van der Waals surface area contributed by atoms with Crippen LogP contribution in [0.25, 0.3) is 0 Å². The normalized spacial score (nSPS) is 16.4. The molecule has 0 atom stereocenters. The third kappa shape index (κ3) is 4.43. The summed E-state index contributed by atoms with van der Waals surface area (Å²) in [7, 11) is 0. The molecule has 0 spiro atoms. The molecule has 0 aromatic carbocycles. The van der Waals surface area contributed by atoms with Gasteiger partial charge in [-0.3, -0.25) is 14.7 Å². The first-order chi connectivity index (χ1) is 8.84. The molecule has 98 valence electrons. The van der Waals surface area contributed by atoms with Crippen molar-refractivity contribution in [3.05, 3.63) is 30.1 Å². The molecule has 0 unspecified atom stereocenters. The van der Waals surface area contributed by atoms with Gasteiger partial charge < -0.3 is 10.6 Å². The fourth-order valence-corrected chi connectivity index (χ4v) is 2.00. The van der Waals surface area contributed by atoms with Gasteiger partial charge in [0.15, 0.2) is 0 Å². The Morgan fingerprint density at radius 3 is 2.94 bits per heavy atom. The van der Waals surface area contributed by atoms with Crippen LogP contribution in [0.5, 0.6) is 0 Å². The lowest BCUT2D eigenvalue weighted by molar-refractivity contribution is -0.122. The van der Waals surface area contributed by atoms with Gasteiger partial charge in [0.2, 0.25) is 5.91 Å². The van der Waals surface area contributed by atoms with Gasteiger partial charge in [-0.2, -0.15) is 0 Å². The largest absolute Gasteiger partial charge is 0.355 e. The molecule has 1 amide bonds. The number of piperazine rings is 1. The van der Waals surface area contributed by atoms with Gasteiger partial charge in [0.05, 0.1) is 6.54 Å². The van der Waals surface area contributed by atoms with Crippen LogP contribution in [0.2, 0.25) is 0 Å². The van der Waals surface area contributed by atoms with Crippen molar-refractivity contribution in [3.63, 3.8) is 0 Å². The minimum atomic E-state index is 0.104. The van der Waals surface area contributed by atoms with E-state index >= 15 is 0 Å². The summed E-state index contributed by atoms with van der Waals surface area (Å²) in [4.78, 5) is 18.1. The molecule has 2 N–H and O–H groups in total. The van der Waals surface area contributed by atoms with Crippen molar-refractivity contribution in [2.45, 2.75) is 6.42 Å². The van der Waals surface area contributed by atoms with E-state index in [0.29, 0.717) is 13.1 Å². The van der Waals surface area contributed by atoms with E-state index in [2.05, 4.69) is 20.5 Å². The Hall–Kier alpha value is -1.46. The molecule has 2 heterocycles. The number of pyridine rings is 1. The Morgan fingerprint density at radius 1 is 1.39 bits per heavy atom. The van der Waals surface area contributed by atoms with Crippen LogP contribution in [0.1, 0.15) is 5.69 Å². The third-order valence-electron chi connectivity index (χ3n) is 3.01. The first-order valence-electron chi connectivity index (χ1n) is 6.44. The summed E-state index contributed by atoms with van der Waals surface area (Å²) < 4.78 is 0. The summed E-state index contributed by atoms with van der Waals surface area (Å²) in [6.45, 7) is 5.01. The molecule has 1 aromatic rings. The van der Waals surface area contributed by atoms with Gasteiger partial charge >= 0.3 is 0 Å². The number of hydrogen-bond donors (Lipinski definition) is 2. The van der Waals surface area contributed by atoms with Gasteiger partial charge in [0, 0.05) is 51.0 Å². The molecule has 0 saturated carbocycles. The second kappa shape index (κ2) is 7.08. The van der Waals surface area contributed by atoms with Crippen LogP contribution in [0.3, 0.4) is 0 Å². The Bertz CT molecular complexity index is 363. The second-order valence-electron chi connectivity index (χ2n) is 4.45. The number of nitrogens with zero attached hydrogens (tertiary/aromatic N) is 2. The van der Waals surface area contributed by atoms with Gasteiger partial charge in [-0.15, -0.1) is 0 Å². The maximum Gasteiger partial charge on any atom is 0.234 e. The zero-order valence-electron chi connectivity index (χ0n) is 10.6. The van der Waals surface area contributed by atoms with Crippen LogP contribution in [0.15, 0.2) is 24.4 Å². The number of rotatable bonds is 5. The van der Waals surface area contributed by atoms with Crippen LogP contribution in [0, 0.1) is 0 Å². The monoisotopic (exact) mass is 248 g/mol. The van der Waals surface area contributed by atoms with Crippen LogP contribution in [-0.2, 0) is 11.2 Å². The smallest absolute Gasteiger partial charge is 0.234 e. The van der Waals surface area contributed by atoms with E-state index in [4.69, 9.17) is 0 Å². The van der Waals surface area contributed by atoms with Crippen molar-refractivity contribution in [3.8, 4) is 0 Å². The van der Waals surface area contributed by atoms with Crippen molar-refractivity contribution >= 4 is 5.91 Å². The lowest BCUT2D eigenvalue weighted by Gasteiger charge is -2.26. The molecule has 2 rings (SSSR count). The minimum absolute atomic E-state index is 0.104. The minimum Gasteiger partial charge on any atom is -0.355 e. The number of carbonyl (C=O) groups excluding carboxylic acids is 1. The summed E-state index contributed by atoms with van der Waals surface area (Å²) >= 11 is 0. The summed E-state index contributed by atoms with van der Waals surface area (Å²) in [5.74, 6) is 0.104. The standard InChI is InChI=1S/C13H20N4O/c18-13(11-17-9-7-14-8-10-17)16-6-4-12-3-1-2-5-15-12/h1-3,5,14H,4,6-11H2,(H,16,18). The summed E-state index contributed by atoms with van der Waals surface area (Å²) in [6.07, 6.45) is 2.56. The first-order valence-corrected chi connectivity index (χ1v) is 6.44. The highest BCUT2D eigenvalue weighted by atomic mass is 16.2. The highest BCUT2D eigenvalue weighted by Crippen LogP contribution is 1.94. The highest BCUT2D eigenvalue weighted by Gasteiger charge is 2.12. The Balaban J connectivity index is 1.62. The average Bonchev–Trinajstić information content (AvgIpc) is 2.41.